The van der Waals surface area contributed by atoms with Gasteiger partial charge in [0.2, 0.25) is 0 Å². The van der Waals surface area contributed by atoms with E-state index in [1.807, 2.05) is 6.07 Å². The number of halogens is 2. The van der Waals surface area contributed by atoms with Gasteiger partial charge in [-0.25, -0.2) is 0 Å². The molecule has 0 unspecified atom stereocenters. The van der Waals surface area contributed by atoms with Crippen molar-refractivity contribution in [3.8, 4) is 6.07 Å². The van der Waals surface area contributed by atoms with Gasteiger partial charge < -0.3 is 10.4 Å². The third-order valence-electron chi connectivity index (χ3n) is 2.24. The van der Waals surface area contributed by atoms with Crippen molar-refractivity contribution in [2.24, 2.45) is 0 Å². The van der Waals surface area contributed by atoms with Crippen molar-refractivity contribution in [2.75, 3.05) is 13.2 Å². The van der Waals surface area contributed by atoms with Gasteiger partial charge in [0.05, 0.1) is 10.0 Å². The lowest BCUT2D eigenvalue weighted by Crippen LogP contribution is -2.26. The van der Waals surface area contributed by atoms with Crippen LogP contribution in [0.15, 0.2) is 23.8 Å². The van der Waals surface area contributed by atoms with Gasteiger partial charge in [0.15, 0.2) is 0 Å². The number of benzene rings is 1. The minimum absolute atomic E-state index is 0.0152. The minimum atomic E-state index is -0.484. The van der Waals surface area contributed by atoms with Crippen molar-refractivity contribution in [2.45, 2.75) is 6.42 Å². The number of aliphatic hydroxyl groups excluding tert-OH is 1. The van der Waals surface area contributed by atoms with E-state index in [1.165, 1.54) is 6.08 Å². The number of nitrogens with zero attached hydrogens (tertiary/aromatic N) is 1. The Kier molecular flexibility index (Phi) is 6.37. The van der Waals surface area contributed by atoms with E-state index in [2.05, 4.69) is 5.32 Å². The van der Waals surface area contributed by atoms with Gasteiger partial charge in [-0.05, 0) is 30.2 Å². The van der Waals surface area contributed by atoms with E-state index in [9.17, 15) is 4.79 Å². The first-order valence-corrected chi connectivity index (χ1v) is 6.30. The van der Waals surface area contributed by atoms with Crippen LogP contribution in [0.25, 0.3) is 6.08 Å². The van der Waals surface area contributed by atoms with Crippen LogP contribution in [0, 0.1) is 11.3 Å². The highest BCUT2D eigenvalue weighted by molar-refractivity contribution is 6.42. The molecular weight excluding hydrogens is 287 g/mol. The zero-order valence-electron chi connectivity index (χ0n) is 9.99. The van der Waals surface area contributed by atoms with E-state index in [4.69, 9.17) is 33.6 Å². The highest BCUT2D eigenvalue weighted by Crippen LogP contribution is 2.23. The average Bonchev–Trinajstić information content (AvgIpc) is 2.40. The number of nitriles is 1. The molecule has 6 heteroatoms. The summed E-state index contributed by atoms with van der Waals surface area (Å²) in [4.78, 5) is 11.7. The molecule has 0 saturated carbocycles. The maximum absolute atomic E-state index is 11.7. The maximum atomic E-state index is 11.7. The van der Waals surface area contributed by atoms with Gasteiger partial charge in [-0.3, -0.25) is 4.79 Å². The summed E-state index contributed by atoms with van der Waals surface area (Å²) in [6, 6.07) is 6.64. The normalized spacial score (nSPS) is 10.9. The number of amides is 1. The lowest BCUT2D eigenvalue weighted by Gasteiger charge is -2.03. The van der Waals surface area contributed by atoms with Gasteiger partial charge in [0.1, 0.15) is 11.6 Å². The minimum Gasteiger partial charge on any atom is -0.396 e. The smallest absolute Gasteiger partial charge is 0.261 e. The van der Waals surface area contributed by atoms with Gasteiger partial charge in [0, 0.05) is 13.2 Å². The van der Waals surface area contributed by atoms with Crippen molar-refractivity contribution in [1.29, 1.82) is 5.26 Å². The number of nitrogens with one attached hydrogen (secondary N) is 1. The molecule has 1 aromatic rings. The van der Waals surface area contributed by atoms with Crippen molar-refractivity contribution >= 4 is 35.2 Å². The van der Waals surface area contributed by atoms with Crippen molar-refractivity contribution in [3.05, 3.63) is 39.4 Å². The molecule has 19 heavy (non-hydrogen) atoms. The second-order valence-corrected chi connectivity index (χ2v) is 4.49. The summed E-state index contributed by atoms with van der Waals surface area (Å²) in [5.41, 5.74) is 0.583. The summed E-state index contributed by atoms with van der Waals surface area (Å²) in [6.07, 6.45) is 1.87. The summed E-state index contributed by atoms with van der Waals surface area (Å²) in [7, 11) is 0. The fraction of sp³-hybridized carbons (Fsp3) is 0.231. The average molecular weight is 299 g/mol. The molecule has 2 N–H and O–H groups in total. The van der Waals surface area contributed by atoms with Crippen molar-refractivity contribution in [3.63, 3.8) is 0 Å². The molecule has 0 aromatic heterocycles. The molecule has 0 aliphatic carbocycles. The zero-order valence-corrected chi connectivity index (χ0v) is 11.5. The zero-order chi connectivity index (χ0) is 14.3. The molecule has 0 radical (unpaired) electrons. The molecule has 1 aromatic carbocycles. The standard InChI is InChI=1S/C13H12Cl2N2O2/c14-11-3-2-9(7-12(11)15)6-10(8-16)13(19)17-4-1-5-18/h2-3,6-7,18H,1,4-5H2,(H,17,19). The molecule has 1 amide bonds. The van der Waals surface area contributed by atoms with Crippen LogP contribution >= 0.6 is 23.2 Å². The molecule has 0 bridgehead atoms. The molecule has 100 valence electrons. The Hall–Kier alpha value is -1.54. The second-order valence-electron chi connectivity index (χ2n) is 3.68. The summed E-state index contributed by atoms with van der Waals surface area (Å²) >= 11 is 11.6. The Morgan fingerprint density at radius 1 is 1.42 bits per heavy atom. The van der Waals surface area contributed by atoms with Gasteiger partial charge >= 0.3 is 0 Å². The molecule has 0 aliphatic heterocycles. The molecule has 0 atom stereocenters. The second kappa shape index (κ2) is 7.80. The van der Waals surface area contributed by atoms with Gasteiger partial charge in [-0.2, -0.15) is 5.26 Å². The number of aliphatic hydroxyl groups is 1. The van der Waals surface area contributed by atoms with Gasteiger partial charge in [0.25, 0.3) is 5.91 Å². The number of hydrogen-bond acceptors (Lipinski definition) is 3. The number of carbonyl (C=O) groups excluding carboxylic acids is 1. The highest BCUT2D eigenvalue weighted by Gasteiger charge is 2.08. The number of rotatable bonds is 5. The van der Waals surface area contributed by atoms with E-state index < -0.39 is 5.91 Å². The Morgan fingerprint density at radius 3 is 2.74 bits per heavy atom. The van der Waals surface area contributed by atoms with Crippen LogP contribution in [-0.4, -0.2) is 24.2 Å². The molecular formula is C13H12Cl2N2O2. The number of hydrogen-bond donors (Lipinski definition) is 2. The fourth-order valence-electron chi connectivity index (χ4n) is 1.29. The quantitative estimate of drug-likeness (QED) is 0.498. The van der Waals surface area contributed by atoms with Crippen LogP contribution in [-0.2, 0) is 4.79 Å². The fourth-order valence-corrected chi connectivity index (χ4v) is 1.60. The first kappa shape index (κ1) is 15.5. The predicted molar refractivity (Wildman–Crippen MR) is 74.8 cm³/mol. The monoisotopic (exact) mass is 298 g/mol. The van der Waals surface area contributed by atoms with Crippen LogP contribution in [0.3, 0.4) is 0 Å². The van der Waals surface area contributed by atoms with Crippen LogP contribution in [0.4, 0.5) is 0 Å². The van der Waals surface area contributed by atoms with Gasteiger partial charge in [-0.1, -0.05) is 29.3 Å². The largest absolute Gasteiger partial charge is 0.396 e. The Labute approximate surface area is 121 Å². The highest BCUT2D eigenvalue weighted by atomic mass is 35.5. The Balaban J connectivity index is 2.84. The van der Waals surface area contributed by atoms with E-state index in [1.54, 1.807) is 18.2 Å². The summed E-state index contributed by atoms with van der Waals surface area (Å²) in [5, 5.41) is 20.9. The molecule has 0 fully saturated rings. The first-order valence-electron chi connectivity index (χ1n) is 5.54. The topological polar surface area (TPSA) is 73.1 Å². The van der Waals surface area contributed by atoms with Crippen LogP contribution in [0.1, 0.15) is 12.0 Å². The third-order valence-corrected chi connectivity index (χ3v) is 2.98. The first-order chi connectivity index (χ1) is 9.08. The van der Waals surface area contributed by atoms with E-state index in [0.29, 0.717) is 28.6 Å². The molecule has 0 spiro atoms. The Bertz CT molecular complexity index is 536. The van der Waals surface area contributed by atoms with E-state index in [-0.39, 0.29) is 12.2 Å². The number of carbonyl (C=O) groups is 1. The third kappa shape index (κ3) is 4.92. The van der Waals surface area contributed by atoms with Crippen LogP contribution in [0.5, 0.6) is 0 Å². The Morgan fingerprint density at radius 2 is 2.16 bits per heavy atom. The predicted octanol–water partition coefficient (Wildman–Crippen LogP) is 2.40. The maximum Gasteiger partial charge on any atom is 0.261 e. The summed E-state index contributed by atoms with van der Waals surface area (Å²) in [5.74, 6) is -0.484. The van der Waals surface area contributed by atoms with Gasteiger partial charge in [-0.15, -0.1) is 0 Å². The van der Waals surface area contributed by atoms with Crippen molar-refractivity contribution < 1.29 is 9.90 Å². The SMILES string of the molecule is N#CC(=Cc1ccc(Cl)c(Cl)c1)C(=O)NCCCO. The molecule has 0 heterocycles. The van der Waals surface area contributed by atoms with E-state index >= 15 is 0 Å². The molecule has 4 nitrogen and oxygen atoms in total. The molecule has 0 saturated heterocycles. The molecule has 0 aliphatic rings. The van der Waals surface area contributed by atoms with Crippen LogP contribution < -0.4 is 5.32 Å². The summed E-state index contributed by atoms with van der Waals surface area (Å²) in [6.45, 7) is 0.300. The molecule has 1 rings (SSSR count). The van der Waals surface area contributed by atoms with E-state index in [0.717, 1.165) is 0 Å². The van der Waals surface area contributed by atoms with Crippen LogP contribution in [0.2, 0.25) is 10.0 Å². The lowest BCUT2D eigenvalue weighted by molar-refractivity contribution is -0.117. The van der Waals surface area contributed by atoms with Crippen molar-refractivity contribution in [1.82, 2.24) is 5.32 Å². The lowest BCUT2D eigenvalue weighted by atomic mass is 10.1. The summed E-state index contributed by atoms with van der Waals surface area (Å²) < 4.78 is 0.